The van der Waals surface area contributed by atoms with E-state index in [1.807, 2.05) is 6.08 Å². The number of anilines is 1. The van der Waals surface area contributed by atoms with Gasteiger partial charge in [0.05, 0.1) is 19.8 Å². The maximum absolute atomic E-state index is 5.47. The minimum absolute atomic E-state index is 0.146. The molecule has 0 aromatic carbocycles. The molecule has 0 amide bonds. The second kappa shape index (κ2) is 5.85. The summed E-state index contributed by atoms with van der Waals surface area (Å²) < 4.78 is 10.3. The SMILES string of the molecule is C=CCCCOc1cc(OC)nc(N)n1. The van der Waals surface area contributed by atoms with Crippen molar-refractivity contribution in [3.8, 4) is 11.8 Å². The fraction of sp³-hybridized carbons (Fsp3) is 0.400. The number of hydrogen-bond donors (Lipinski definition) is 1. The van der Waals surface area contributed by atoms with Crippen LogP contribution in [-0.4, -0.2) is 23.7 Å². The number of allylic oxidation sites excluding steroid dienone is 1. The highest BCUT2D eigenvalue weighted by Gasteiger charge is 2.02. The largest absolute Gasteiger partial charge is 0.481 e. The molecule has 1 aromatic heterocycles. The summed E-state index contributed by atoms with van der Waals surface area (Å²) in [6.45, 7) is 4.20. The number of rotatable bonds is 6. The van der Waals surface area contributed by atoms with Crippen LogP contribution in [0.1, 0.15) is 12.8 Å². The maximum Gasteiger partial charge on any atom is 0.226 e. The normalized spacial score (nSPS) is 9.67. The van der Waals surface area contributed by atoms with E-state index in [1.54, 1.807) is 6.07 Å². The van der Waals surface area contributed by atoms with Crippen molar-refractivity contribution in [2.24, 2.45) is 0 Å². The number of nitrogens with two attached hydrogens (primary N) is 1. The lowest BCUT2D eigenvalue weighted by molar-refractivity contribution is 0.296. The molecule has 0 aliphatic rings. The van der Waals surface area contributed by atoms with Crippen LogP contribution in [0.5, 0.6) is 11.8 Å². The molecule has 1 heterocycles. The van der Waals surface area contributed by atoms with Crippen molar-refractivity contribution in [2.45, 2.75) is 12.8 Å². The van der Waals surface area contributed by atoms with E-state index < -0.39 is 0 Å². The molecule has 0 fully saturated rings. The second-order valence-electron chi connectivity index (χ2n) is 2.89. The Bertz CT molecular complexity index is 328. The van der Waals surface area contributed by atoms with Crippen molar-refractivity contribution in [1.29, 1.82) is 0 Å². The molecule has 5 heteroatoms. The van der Waals surface area contributed by atoms with Crippen LogP contribution in [0.15, 0.2) is 18.7 Å². The molecule has 0 aliphatic carbocycles. The van der Waals surface area contributed by atoms with Crippen molar-refractivity contribution in [1.82, 2.24) is 9.97 Å². The highest BCUT2D eigenvalue weighted by molar-refractivity contribution is 5.29. The van der Waals surface area contributed by atoms with Crippen LogP contribution < -0.4 is 15.2 Å². The van der Waals surface area contributed by atoms with E-state index in [0.717, 1.165) is 12.8 Å². The lowest BCUT2D eigenvalue weighted by atomic mass is 10.3. The molecule has 0 spiro atoms. The zero-order chi connectivity index (χ0) is 11.1. The van der Waals surface area contributed by atoms with Gasteiger partial charge in [0.1, 0.15) is 0 Å². The molecule has 0 saturated heterocycles. The molecular formula is C10H15N3O2. The first-order valence-corrected chi connectivity index (χ1v) is 4.68. The summed E-state index contributed by atoms with van der Waals surface area (Å²) in [5, 5.41) is 0. The molecule has 15 heavy (non-hydrogen) atoms. The molecule has 0 atom stereocenters. The van der Waals surface area contributed by atoms with Crippen molar-refractivity contribution >= 4 is 5.95 Å². The molecule has 5 nitrogen and oxygen atoms in total. The number of nitrogen functional groups attached to an aromatic ring is 1. The summed E-state index contributed by atoms with van der Waals surface area (Å²) in [5.41, 5.74) is 5.47. The van der Waals surface area contributed by atoms with E-state index in [2.05, 4.69) is 16.5 Å². The highest BCUT2D eigenvalue weighted by atomic mass is 16.5. The fourth-order valence-electron chi connectivity index (χ4n) is 1.00. The lowest BCUT2D eigenvalue weighted by Crippen LogP contribution is -2.03. The Morgan fingerprint density at radius 2 is 2.20 bits per heavy atom. The van der Waals surface area contributed by atoms with Gasteiger partial charge in [0.2, 0.25) is 17.7 Å². The first kappa shape index (κ1) is 11.3. The molecule has 0 radical (unpaired) electrons. The van der Waals surface area contributed by atoms with Gasteiger partial charge in [0.15, 0.2) is 0 Å². The molecule has 2 N–H and O–H groups in total. The van der Waals surface area contributed by atoms with Crippen LogP contribution in [0.3, 0.4) is 0 Å². The minimum atomic E-state index is 0.146. The van der Waals surface area contributed by atoms with E-state index in [1.165, 1.54) is 7.11 Å². The number of aromatic nitrogens is 2. The third-order valence-corrected chi connectivity index (χ3v) is 1.71. The Kier molecular flexibility index (Phi) is 4.40. The van der Waals surface area contributed by atoms with E-state index >= 15 is 0 Å². The van der Waals surface area contributed by atoms with Gasteiger partial charge in [-0.2, -0.15) is 9.97 Å². The van der Waals surface area contributed by atoms with E-state index in [-0.39, 0.29) is 5.95 Å². The number of hydrogen-bond acceptors (Lipinski definition) is 5. The molecule has 0 unspecified atom stereocenters. The zero-order valence-electron chi connectivity index (χ0n) is 8.77. The Morgan fingerprint density at radius 1 is 1.47 bits per heavy atom. The monoisotopic (exact) mass is 209 g/mol. The first-order chi connectivity index (χ1) is 7.26. The molecule has 82 valence electrons. The van der Waals surface area contributed by atoms with E-state index in [4.69, 9.17) is 15.2 Å². The van der Waals surface area contributed by atoms with Crippen LogP contribution >= 0.6 is 0 Å². The Balaban J connectivity index is 2.52. The van der Waals surface area contributed by atoms with Crippen LogP contribution in [0.2, 0.25) is 0 Å². The molecular weight excluding hydrogens is 194 g/mol. The van der Waals surface area contributed by atoms with Gasteiger partial charge < -0.3 is 15.2 Å². The Hall–Kier alpha value is -1.78. The third kappa shape index (κ3) is 3.84. The third-order valence-electron chi connectivity index (χ3n) is 1.71. The summed E-state index contributed by atoms with van der Waals surface area (Å²) >= 11 is 0. The number of ether oxygens (including phenoxy) is 2. The lowest BCUT2D eigenvalue weighted by Gasteiger charge is -2.06. The van der Waals surface area contributed by atoms with E-state index in [0.29, 0.717) is 18.4 Å². The Morgan fingerprint density at radius 3 is 2.87 bits per heavy atom. The van der Waals surface area contributed by atoms with Gasteiger partial charge in [-0.15, -0.1) is 6.58 Å². The van der Waals surface area contributed by atoms with Gasteiger partial charge >= 0.3 is 0 Å². The van der Waals surface area contributed by atoms with Gasteiger partial charge in [0, 0.05) is 0 Å². The zero-order valence-corrected chi connectivity index (χ0v) is 8.77. The number of methoxy groups -OCH3 is 1. The van der Waals surface area contributed by atoms with Gasteiger partial charge in [-0.25, -0.2) is 0 Å². The number of nitrogens with zero attached hydrogens (tertiary/aromatic N) is 2. The second-order valence-corrected chi connectivity index (χ2v) is 2.89. The van der Waals surface area contributed by atoms with Crippen LogP contribution in [0, 0.1) is 0 Å². The van der Waals surface area contributed by atoms with Gasteiger partial charge in [-0.3, -0.25) is 0 Å². The smallest absolute Gasteiger partial charge is 0.226 e. The maximum atomic E-state index is 5.47. The summed E-state index contributed by atoms with van der Waals surface area (Å²) in [7, 11) is 1.52. The van der Waals surface area contributed by atoms with Gasteiger partial charge in [-0.05, 0) is 12.8 Å². The van der Waals surface area contributed by atoms with Crippen molar-refractivity contribution < 1.29 is 9.47 Å². The number of unbranched alkanes of at least 4 members (excludes halogenated alkanes) is 1. The summed E-state index contributed by atoms with van der Waals surface area (Å²) in [4.78, 5) is 7.76. The van der Waals surface area contributed by atoms with Crippen LogP contribution in [0.25, 0.3) is 0 Å². The highest BCUT2D eigenvalue weighted by Crippen LogP contribution is 2.16. The average Bonchev–Trinajstić information content (AvgIpc) is 2.23. The quantitative estimate of drug-likeness (QED) is 0.566. The van der Waals surface area contributed by atoms with Gasteiger partial charge in [-0.1, -0.05) is 6.08 Å². The van der Waals surface area contributed by atoms with Crippen molar-refractivity contribution in [3.63, 3.8) is 0 Å². The summed E-state index contributed by atoms with van der Waals surface area (Å²) in [6.07, 6.45) is 3.66. The standard InChI is InChI=1S/C10H15N3O2/c1-3-4-5-6-15-9-7-8(14-2)12-10(11)13-9/h3,7H,1,4-6H2,2H3,(H2,11,12,13). The molecule has 0 aliphatic heterocycles. The molecule has 0 saturated carbocycles. The minimum Gasteiger partial charge on any atom is -0.481 e. The molecule has 1 rings (SSSR count). The topological polar surface area (TPSA) is 70.3 Å². The Labute approximate surface area is 88.9 Å². The summed E-state index contributed by atoms with van der Waals surface area (Å²) in [5.74, 6) is 0.984. The fourth-order valence-corrected chi connectivity index (χ4v) is 1.00. The van der Waals surface area contributed by atoms with Crippen LogP contribution in [0.4, 0.5) is 5.95 Å². The van der Waals surface area contributed by atoms with E-state index in [9.17, 15) is 0 Å². The predicted molar refractivity (Wildman–Crippen MR) is 57.9 cm³/mol. The summed E-state index contributed by atoms with van der Waals surface area (Å²) in [6, 6.07) is 1.60. The average molecular weight is 209 g/mol. The van der Waals surface area contributed by atoms with Gasteiger partial charge in [0.25, 0.3) is 0 Å². The molecule has 1 aromatic rings. The predicted octanol–water partition coefficient (Wildman–Crippen LogP) is 1.41. The molecule has 0 bridgehead atoms. The van der Waals surface area contributed by atoms with Crippen LogP contribution in [-0.2, 0) is 0 Å². The van der Waals surface area contributed by atoms with Crippen molar-refractivity contribution in [3.05, 3.63) is 18.7 Å². The first-order valence-electron chi connectivity index (χ1n) is 4.68. The van der Waals surface area contributed by atoms with Crippen molar-refractivity contribution in [2.75, 3.05) is 19.5 Å².